The van der Waals surface area contributed by atoms with Crippen LogP contribution in [-0.2, 0) is 22.5 Å². The van der Waals surface area contributed by atoms with E-state index in [1.54, 1.807) is 0 Å². The van der Waals surface area contributed by atoms with Crippen molar-refractivity contribution >= 4 is 6.09 Å². The normalized spacial score (nSPS) is 12.7. The third-order valence-corrected chi connectivity index (χ3v) is 7.36. The predicted octanol–water partition coefficient (Wildman–Crippen LogP) is 8.13. The number of hydrogen-bond acceptors (Lipinski definition) is 7. The highest BCUT2D eigenvalue weighted by atomic mass is 16.6. The molecule has 0 fully saturated rings. The van der Waals surface area contributed by atoms with Crippen molar-refractivity contribution < 1.29 is 24.1 Å². The number of aliphatic hydroxyl groups excluding tert-OH is 1. The van der Waals surface area contributed by atoms with E-state index >= 15 is 0 Å². The summed E-state index contributed by atoms with van der Waals surface area (Å²) in [4.78, 5) is 21.8. The molecule has 2 N–H and O–H groups in total. The molecule has 1 aromatic heterocycles. The van der Waals surface area contributed by atoms with Crippen LogP contribution in [0.2, 0.25) is 0 Å². The topological polar surface area (TPSA) is 103 Å². The number of aromatic nitrogens is 2. The van der Waals surface area contributed by atoms with Crippen LogP contribution in [0.1, 0.15) is 70.9 Å². The number of nitrogens with one attached hydrogen (secondary N) is 1. The van der Waals surface area contributed by atoms with Crippen LogP contribution in [0.25, 0.3) is 22.5 Å². The number of ether oxygens (including phenoxy) is 3. The third-order valence-electron chi connectivity index (χ3n) is 7.36. The maximum absolute atomic E-state index is 12.6. The van der Waals surface area contributed by atoms with Crippen LogP contribution in [0, 0.1) is 0 Å². The van der Waals surface area contributed by atoms with Crippen LogP contribution in [0.5, 0.6) is 5.75 Å². The van der Waals surface area contributed by atoms with Gasteiger partial charge in [0.05, 0.1) is 18.2 Å². The zero-order valence-electron chi connectivity index (χ0n) is 27.4. The van der Waals surface area contributed by atoms with E-state index in [4.69, 9.17) is 14.2 Å². The lowest BCUT2D eigenvalue weighted by Gasteiger charge is -2.30. The molecule has 0 saturated heterocycles. The van der Waals surface area contributed by atoms with Crippen molar-refractivity contribution in [3.8, 4) is 28.3 Å². The molecule has 8 nitrogen and oxygen atoms in total. The monoisotopic (exact) mass is 625 g/mol. The molecule has 0 bridgehead atoms. The zero-order chi connectivity index (χ0) is 32.8. The number of nitrogens with zero attached hydrogens (tertiary/aromatic N) is 2. The first-order valence-electron chi connectivity index (χ1n) is 16.2. The van der Waals surface area contributed by atoms with Crippen LogP contribution in [0.4, 0.5) is 4.79 Å². The van der Waals surface area contributed by atoms with E-state index in [1.165, 1.54) is 25.7 Å². The van der Waals surface area contributed by atoms with Gasteiger partial charge in [-0.15, -0.1) is 0 Å². The van der Waals surface area contributed by atoms with E-state index in [2.05, 4.69) is 22.2 Å². The summed E-state index contributed by atoms with van der Waals surface area (Å²) in [6.07, 6.45) is 8.18. The number of alkyl carbamates (subject to hydrolysis) is 1. The fourth-order valence-corrected chi connectivity index (χ4v) is 4.89. The molecule has 3 aromatic carbocycles. The van der Waals surface area contributed by atoms with Crippen LogP contribution in [0.3, 0.4) is 0 Å². The lowest BCUT2D eigenvalue weighted by Crippen LogP contribution is -2.48. The Morgan fingerprint density at radius 3 is 2.11 bits per heavy atom. The molecule has 2 unspecified atom stereocenters. The molecule has 46 heavy (non-hydrogen) atoms. The Balaban J connectivity index is 1.34. The van der Waals surface area contributed by atoms with Gasteiger partial charge in [-0.25, -0.2) is 14.8 Å². The summed E-state index contributed by atoms with van der Waals surface area (Å²) in [5.41, 5.74) is 3.97. The van der Waals surface area contributed by atoms with Gasteiger partial charge in [-0.2, -0.15) is 0 Å². The van der Waals surface area contributed by atoms with Crippen LogP contribution in [-0.4, -0.2) is 45.7 Å². The summed E-state index contributed by atoms with van der Waals surface area (Å²) in [6, 6.07) is 24.5. The van der Waals surface area contributed by atoms with E-state index in [9.17, 15) is 9.90 Å². The van der Waals surface area contributed by atoms with Crippen molar-refractivity contribution in [2.24, 2.45) is 0 Å². The highest BCUT2D eigenvalue weighted by Gasteiger charge is 2.27. The summed E-state index contributed by atoms with van der Waals surface area (Å²) in [5.74, 6) is 1.48. The molecular formula is C38H47N3O5. The Bertz CT molecular complexity index is 1450. The van der Waals surface area contributed by atoms with E-state index in [1.807, 2.05) is 112 Å². The van der Waals surface area contributed by atoms with E-state index in [-0.39, 0.29) is 6.61 Å². The number of carbonyl (C=O) groups is 1. The van der Waals surface area contributed by atoms with Crippen LogP contribution in [0.15, 0.2) is 91.3 Å². The molecule has 4 rings (SSSR count). The number of rotatable bonds is 16. The molecule has 4 aromatic rings. The largest absolute Gasteiger partial charge is 0.494 e. The third kappa shape index (κ3) is 11.6. The Labute approximate surface area is 273 Å². The number of amides is 1. The van der Waals surface area contributed by atoms with Crippen molar-refractivity contribution in [2.45, 2.75) is 90.8 Å². The first-order valence-corrected chi connectivity index (χ1v) is 16.2. The minimum absolute atomic E-state index is 0.127. The summed E-state index contributed by atoms with van der Waals surface area (Å²) >= 11 is 0. The summed E-state index contributed by atoms with van der Waals surface area (Å²) in [5, 5.41) is 13.6. The van der Waals surface area contributed by atoms with Gasteiger partial charge in [0, 0.05) is 23.5 Å². The highest BCUT2D eigenvalue weighted by molar-refractivity contribution is 5.68. The second-order valence-electron chi connectivity index (χ2n) is 12.4. The Morgan fingerprint density at radius 1 is 0.804 bits per heavy atom. The van der Waals surface area contributed by atoms with Crippen molar-refractivity contribution in [3.63, 3.8) is 0 Å². The smallest absolute Gasteiger partial charge is 0.407 e. The molecular weight excluding hydrogens is 578 g/mol. The number of unbranched alkanes of at least 4 members (excludes halogenated alkanes) is 4. The SMILES string of the molecule is CCCCCCCOc1ccc(-c2cnc(-c3ccc(CC(NC(=O)OCc4ccccc4)C(O)OC(C)(C)C)cc3)nc2)cc1. The summed E-state index contributed by atoms with van der Waals surface area (Å²) < 4.78 is 17.1. The van der Waals surface area contributed by atoms with Gasteiger partial charge in [-0.1, -0.05) is 99.3 Å². The van der Waals surface area contributed by atoms with Crippen molar-refractivity contribution in [3.05, 3.63) is 102 Å². The van der Waals surface area contributed by atoms with Crippen LogP contribution < -0.4 is 10.1 Å². The minimum Gasteiger partial charge on any atom is -0.494 e. The number of hydrogen-bond donors (Lipinski definition) is 2. The van der Waals surface area contributed by atoms with E-state index < -0.39 is 24.0 Å². The molecule has 244 valence electrons. The lowest BCUT2D eigenvalue weighted by atomic mass is 10.0. The van der Waals surface area contributed by atoms with E-state index in [0.717, 1.165) is 46.6 Å². The van der Waals surface area contributed by atoms with Gasteiger partial charge in [0.15, 0.2) is 12.1 Å². The first kappa shape index (κ1) is 34.6. The predicted molar refractivity (Wildman–Crippen MR) is 181 cm³/mol. The number of benzene rings is 3. The average Bonchev–Trinajstić information content (AvgIpc) is 3.05. The van der Waals surface area contributed by atoms with Gasteiger partial charge in [0.25, 0.3) is 0 Å². The fraction of sp³-hybridized carbons (Fsp3) is 0.395. The molecule has 0 aliphatic carbocycles. The molecule has 0 saturated carbocycles. The first-order chi connectivity index (χ1) is 22.2. The van der Waals surface area contributed by atoms with Gasteiger partial charge in [0.2, 0.25) is 0 Å². The molecule has 0 aliphatic rings. The van der Waals surface area contributed by atoms with Gasteiger partial charge in [-0.3, -0.25) is 0 Å². The molecule has 0 spiro atoms. The Kier molecular flexibility index (Phi) is 13.1. The van der Waals surface area contributed by atoms with Gasteiger partial charge in [0.1, 0.15) is 12.4 Å². The van der Waals surface area contributed by atoms with Crippen molar-refractivity contribution in [1.29, 1.82) is 0 Å². The Morgan fingerprint density at radius 2 is 1.46 bits per heavy atom. The number of aliphatic hydroxyl groups is 1. The number of carbonyl (C=O) groups excluding carboxylic acids is 1. The fourth-order valence-electron chi connectivity index (χ4n) is 4.89. The standard InChI is InChI=1S/C38H47N3O5/c1-5-6-7-8-12-23-44-33-21-19-30(20-22-33)32-25-39-35(40-26-32)31-17-15-28(16-18-31)24-34(36(42)46-38(2,3)4)41-37(43)45-27-29-13-10-9-11-14-29/h9-11,13-22,25-26,34,36,42H,5-8,12,23-24,27H2,1-4H3,(H,41,43). The molecule has 0 aliphatic heterocycles. The maximum atomic E-state index is 12.6. The molecule has 0 radical (unpaired) electrons. The second-order valence-corrected chi connectivity index (χ2v) is 12.4. The van der Waals surface area contributed by atoms with Gasteiger partial charge in [-0.05, 0) is 62.4 Å². The molecule has 2 atom stereocenters. The summed E-state index contributed by atoms with van der Waals surface area (Å²) in [6.45, 7) is 8.63. The molecule has 1 amide bonds. The quantitative estimate of drug-likeness (QED) is 0.0957. The second kappa shape index (κ2) is 17.4. The molecule has 1 heterocycles. The molecule has 8 heteroatoms. The average molecular weight is 626 g/mol. The van der Waals surface area contributed by atoms with Gasteiger partial charge >= 0.3 is 6.09 Å². The Hall–Kier alpha value is -4.27. The lowest BCUT2D eigenvalue weighted by molar-refractivity contribution is -0.179. The van der Waals surface area contributed by atoms with Crippen molar-refractivity contribution in [2.75, 3.05) is 6.61 Å². The highest BCUT2D eigenvalue weighted by Crippen LogP contribution is 2.24. The minimum atomic E-state index is -1.24. The zero-order valence-corrected chi connectivity index (χ0v) is 27.4. The maximum Gasteiger partial charge on any atom is 0.407 e. The van der Waals surface area contributed by atoms with Crippen LogP contribution >= 0.6 is 0 Å². The van der Waals surface area contributed by atoms with Crippen molar-refractivity contribution in [1.82, 2.24) is 15.3 Å². The van der Waals surface area contributed by atoms with E-state index in [0.29, 0.717) is 12.2 Å². The van der Waals surface area contributed by atoms with Gasteiger partial charge < -0.3 is 24.6 Å². The summed E-state index contributed by atoms with van der Waals surface area (Å²) in [7, 11) is 0.